The van der Waals surface area contributed by atoms with Gasteiger partial charge in [-0.05, 0) is 6.92 Å². The summed E-state index contributed by atoms with van der Waals surface area (Å²) in [4.78, 5) is 19.5. The predicted octanol–water partition coefficient (Wildman–Crippen LogP) is 2.08. The lowest BCUT2D eigenvalue weighted by Crippen LogP contribution is -2.37. The summed E-state index contributed by atoms with van der Waals surface area (Å²) in [6.45, 7) is 0.864. The minimum atomic E-state index is -1.12. The van der Waals surface area contributed by atoms with Gasteiger partial charge in [0.05, 0.1) is 24.7 Å². The van der Waals surface area contributed by atoms with Gasteiger partial charge in [0.15, 0.2) is 11.6 Å². The SMILES string of the molecule is CC(CO)NC(=O)Cn1cc(Nc2ncc(F)c(NCc3c(F)cc(F)cc3F)n2)cn1. The van der Waals surface area contributed by atoms with Crippen molar-refractivity contribution >= 4 is 23.4 Å². The van der Waals surface area contributed by atoms with Gasteiger partial charge in [-0.2, -0.15) is 10.1 Å². The number of anilines is 3. The summed E-state index contributed by atoms with van der Waals surface area (Å²) in [5, 5.41) is 20.7. The average Bonchev–Trinajstić information content (AvgIpc) is 3.15. The molecule has 0 bridgehead atoms. The van der Waals surface area contributed by atoms with Crippen LogP contribution in [0, 0.1) is 23.3 Å². The zero-order chi connectivity index (χ0) is 23.3. The zero-order valence-corrected chi connectivity index (χ0v) is 16.7. The van der Waals surface area contributed by atoms with Crippen LogP contribution in [-0.2, 0) is 17.9 Å². The molecule has 1 amide bonds. The second-order valence-corrected chi connectivity index (χ2v) is 6.79. The van der Waals surface area contributed by atoms with Gasteiger partial charge >= 0.3 is 0 Å². The first-order chi connectivity index (χ1) is 15.2. The average molecular weight is 453 g/mol. The Labute approximate surface area is 179 Å². The van der Waals surface area contributed by atoms with Crippen molar-refractivity contribution in [2.45, 2.75) is 26.1 Å². The highest BCUT2D eigenvalue weighted by molar-refractivity contribution is 5.76. The maximum absolute atomic E-state index is 14.0. The van der Waals surface area contributed by atoms with E-state index >= 15 is 0 Å². The zero-order valence-electron chi connectivity index (χ0n) is 16.7. The molecule has 0 radical (unpaired) electrons. The smallest absolute Gasteiger partial charge is 0.242 e. The van der Waals surface area contributed by atoms with Gasteiger partial charge < -0.3 is 21.1 Å². The first-order valence-corrected chi connectivity index (χ1v) is 9.34. The van der Waals surface area contributed by atoms with E-state index in [-0.39, 0.29) is 30.8 Å². The molecule has 9 nitrogen and oxygen atoms in total. The molecule has 0 saturated carbocycles. The van der Waals surface area contributed by atoms with Crippen molar-refractivity contribution in [3.8, 4) is 0 Å². The van der Waals surface area contributed by atoms with E-state index in [1.165, 1.54) is 17.1 Å². The molecule has 0 aliphatic heterocycles. The number of halogens is 4. The van der Waals surface area contributed by atoms with E-state index in [1.807, 2.05) is 0 Å². The summed E-state index contributed by atoms with van der Waals surface area (Å²) in [5.74, 6) is -4.92. The van der Waals surface area contributed by atoms with Crippen LogP contribution in [0.25, 0.3) is 0 Å². The number of hydrogen-bond donors (Lipinski definition) is 4. The fourth-order valence-corrected chi connectivity index (χ4v) is 2.62. The van der Waals surface area contributed by atoms with Gasteiger partial charge in [-0.15, -0.1) is 0 Å². The van der Waals surface area contributed by atoms with Crippen molar-refractivity contribution in [2.75, 3.05) is 17.2 Å². The number of hydrogen-bond acceptors (Lipinski definition) is 7. The molecular weight excluding hydrogens is 434 g/mol. The third-order valence-electron chi connectivity index (χ3n) is 4.16. The predicted molar refractivity (Wildman–Crippen MR) is 106 cm³/mol. The lowest BCUT2D eigenvalue weighted by atomic mass is 10.2. The molecule has 170 valence electrons. The van der Waals surface area contributed by atoms with Crippen molar-refractivity contribution in [3.05, 3.63) is 59.6 Å². The van der Waals surface area contributed by atoms with Crippen LogP contribution in [0.1, 0.15) is 12.5 Å². The number of nitrogens with zero attached hydrogens (tertiary/aromatic N) is 4. The summed E-state index contributed by atoms with van der Waals surface area (Å²) < 4.78 is 55.9. The van der Waals surface area contributed by atoms with Crippen LogP contribution >= 0.6 is 0 Å². The number of aromatic nitrogens is 4. The molecule has 1 atom stereocenters. The molecule has 13 heteroatoms. The maximum Gasteiger partial charge on any atom is 0.242 e. The largest absolute Gasteiger partial charge is 0.394 e. The van der Waals surface area contributed by atoms with Crippen LogP contribution in [-0.4, -0.2) is 43.4 Å². The molecule has 0 spiro atoms. The molecule has 1 aromatic carbocycles. The number of aliphatic hydroxyl groups excluding tert-OH is 1. The van der Waals surface area contributed by atoms with Crippen LogP contribution in [0.5, 0.6) is 0 Å². The Kier molecular flexibility index (Phi) is 7.20. The van der Waals surface area contributed by atoms with Crippen LogP contribution in [0.15, 0.2) is 30.7 Å². The van der Waals surface area contributed by atoms with Gasteiger partial charge in [0, 0.05) is 36.5 Å². The summed E-state index contributed by atoms with van der Waals surface area (Å²) in [6, 6.07) is 0.642. The monoisotopic (exact) mass is 453 g/mol. The molecule has 3 rings (SSSR count). The van der Waals surface area contributed by atoms with Crippen LogP contribution in [0.3, 0.4) is 0 Å². The Morgan fingerprint density at radius 1 is 1.16 bits per heavy atom. The minimum absolute atomic E-state index is 0.0492. The van der Waals surface area contributed by atoms with Gasteiger partial charge in [0.1, 0.15) is 24.0 Å². The molecule has 3 aromatic rings. The first-order valence-electron chi connectivity index (χ1n) is 9.34. The highest BCUT2D eigenvalue weighted by Crippen LogP contribution is 2.19. The van der Waals surface area contributed by atoms with E-state index in [2.05, 4.69) is 31.0 Å². The van der Waals surface area contributed by atoms with Crippen LogP contribution in [0.2, 0.25) is 0 Å². The lowest BCUT2D eigenvalue weighted by molar-refractivity contribution is -0.122. The number of carbonyl (C=O) groups excluding carboxylic acids is 1. The first kappa shape index (κ1) is 22.9. The van der Waals surface area contributed by atoms with Crippen molar-refractivity contribution in [1.82, 2.24) is 25.1 Å². The number of rotatable bonds is 9. The molecule has 2 aromatic heterocycles. The molecule has 0 saturated heterocycles. The van der Waals surface area contributed by atoms with E-state index in [4.69, 9.17) is 5.11 Å². The fourth-order valence-electron chi connectivity index (χ4n) is 2.62. The number of aliphatic hydroxyl groups is 1. The van der Waals surface area contributed by atoms with E-state index in [1.54, 1.807) is 6.92 Å². The van der Waals surface area contributed by atoms with Gasteiger partial charge in [0.25, 0.3) is 0 Å². The summed E-state index contributed by atoms with van der Waals surface area (Å²) in [6.07, 6.45) is 3.71. The number of amides is 1. The van der Waals surface area contributed by atoms with Crippen molar-refractivity contribution in [1.29, 1.82) is 0 Å². The third kappa shape index (κ3) is 5.91. The quantitative estimate of drug-likeness (QED) is 0.367. The molecule has 32 heavy (non-hydrogen) atoms. The molecule has 2 heterocycles. The lowest BCUT2D eigenvalue weighted by Gasteiger charge is -2.10. The Morgan fingerprint density at radius 2 is 1.88 bits per heavy atom. The van der Waals surface area contributed by atoms with Crippen LogP contribution < -0.4 is 16.0 Å². The second kappa shape index (κ2) is 10.0. The molecule has 4 N–H and O–H groups in total. The van der Waals surface area contributed by atoms with Crippen LogP contribution in [0.4, 0.5) is 35.0 Å². The Bertz CT molecular complexity index is 1090. The van der Waals surface area contributed by atoms with Crippen molar-refractivity contribution < 1.29 is 27.5 Å². The molecule has 1 unspecified atom stereocenters. The maximum atomic E-state index is 14.0. The third-order valence-corrected chi connectivity index (χ3v) is 4.16. The summed E-state index contributed by atoms with van der Waals surface area (Å²) in [5.41, 5.74) is -0.0878. The van der Waals surface area contributed by atoms with Gasteiger partial charge in [-0.25, -0.2) is 22.5 Å². The topological polar surface area (TPSA) is 117 Å². The number of nitrogens with one attached hydrogen (secondary N) is 3. The molecular formula is C19H19F4N7O2. The highest BCUT2D eigenvalue weighted by atomic mass is 19.1. The molecule has 0 aliphatic rings. The number of benzene rings is 1. The standard InChI is InChI=1S/C19H19F4N7O2/c1-10(9-31)27-17(32)8-30-7-12(4-26-30)28-19-25-6-16(23)18(29-19)24-5-13-14(21)2-11(20)3-15(13)22/h2-4,6-7,10,31H,5,8-9H2,1H3,(H,27,32)(H2,24,25,28,29). The van der Waals surface area contributed by atoms with E-state index in [0.29, 0.717) is 17.8 Å². The van der Waals surface area contributed by atoms with Gasteiger partial charge in [-0.1, -0.05) is 0 Å². The highest BCUT2D eigenvalue weighted by Gasteiger charge is 2.14. The van der Waals surface area contributed by atoms with E-state index in [9.17, 15) is 22.4 Å². The second-order valence-electron chi connectivity index (χ2n) is 6.79. The normalized spacial score (nSPS) is 11.8. The summed E-state index contributed by atoms with van der Waals surface area (Å²) in [7, 11) is 0. The Morgan fingerprint density at radius 3 is 2.56 bits per heavy atom. The number of carbonyl (C=O) groups is 1. The van der Waals surface area contributed by atoms with Gasteiger partial charge in [0.2, 0.25) is 11.9 Å². The van der Waals surface area contributed by atoms with E-state index < -0.39 is 41.4 Å². The Balaban J connectivity index is 1.65. The molecule has 0 fully saturated rings. The Hall–Kier alpha value is -3.74. The summed E-state index contributed by atoms with van der Waals surface area (Å²) >= 11 is 0. The molecule has 0 aliphatic carbocycles. The van der Waals surface area contributed by atoms with Gasteiger partial charge in [-0.3, -0.25) is 9.48 Å². The van der Waals surface area contributed by atoms with E-state index in [0.717, 1.165) is 6.20 Å². The minimum Gasteiger partial charge on any atom is -0.394 e. The van der Waals surface area contributed by atoms with Crippen molar-refractivity contribution in [2.24, 2.45) is 0 Å². The van der Waals surface area contributed by atoms with Crippen molar-refractivity contribution in [3.63, 3.8) is 0 Å². The fraction of sp³-hybridized carbons (Fsp3) is 0.263.